The molecular formula is C17H24O2S. The number of hydrogen-bond acceptors (Lipinski definition) is 3. The number of ketones is 2. The van der Waals surface area contributed by atoms with E-state index in [0.717, 1.165) is 25.7 Å². The molecule has 0 aromatic carbocycles. The van der Waals surface area contributed by atoms with Gasteiger partial charge in [-0.3, -0.25) is 9.59 Å². The summed E-state index contributed by atoms with van der Waals surface area (Å²) in [6.45, 7) is 4.36. The molecule has 0 radical (unpaired) electrons. The Labute approximate surface area is 126 Å². The van der Waals surface area contributed by atoms with Crippen molar-refractivity contribution >= 4 is 24.2 Å². The van der Waals surface area contributed by atoms with E-state index in [-0.39, 0.29) is 23.7 Å². The maximum absolute atomic E-state index is 13.1. The molecule has 4 saturated carbocycles. The molecule has 0 aliphatic heterocycles. The van der Waals surface area contributed by atoms with Gasteiger partial charge in [0.1, 0.15) is 11.6 Å². The van der Waals surface area contributed by atoms with E-state index in [0.29, 0.717) is 40.5 Å². The minimum Gasteiger partial charge on any atom is -0.299 e. The van der Waals surface area contributed by atoms with Crippen LogP contribution < -0.4 is 0 Å². The fraction of sp³-hybridized carbons (Fsp3) is 0.882. The Morgan fingerprint density at radius 3 is 2.40 bits per heavy atom. The second kappa shape index (κ2) is 4.34. The van der Waals surface area contributed by atoms with Crippen LogP contribution in [-0.4, -0.2) is 16.8 Å². The summed E-state index contributed by atoms with van der Waals surface area (Å²) in [7, 11) is 0. The molecule has 0 aromatic heterocycles. The maximum atomic E-state index is 13.1. The largest absolute Gasteiger partial charge is 0.299 e. The maximum Gasteiger partial charge on any atom is 0.141 e. The summed E-state index contributed by atoms with van der Waals surface area (Å²) in [6, 6.07) is 0. The molecule has 0 heterocycles. The molecular weight excluding hydrogens is 268 g/mol. The molecule has 0 N–H and O–H groups in total. The zero-order valence-corrected chi connectivity index (χ0v) is 13.2. The Kier molecular flexibility index (Phi) is 2.90. The molecule has 4 rings (SSSR count). The molecule has 0 saturated heterocycles. The molecule has 3 heteroatoms. The van der Waals surface area contributed by atoms with E-state index in [9.17, 15) is 9.59 Å². The van der Waals surface area contributed by atoms with Gasteiger partial charge in [0.2, 0.25) is 0 Å². The Morgan fingerprint density at radius 1 is 1.00 bits per heavy atom. The number of Topliss-reactive ketones (excluding diaryl/α,β-unsaturated/α-hetero) is 2. The zero-order valence-electron chi connectivity index (χ0n) is 12.3. The second-order valence-electron chi connectivity index (χ2n) is 7.75. The van der Waals surface area contributed by atoms with Crippen molar-refractivity contribution in [3.05, 3.63) is 0 Å². The molecule has 4 aliphatic rings. The summed E-state index contributed by atoms with van der Waals surface area (Å²) in [5.41, 5.74) is 0. The molecule has 9 atom stereocenters. The lowest BCUT2D eigenvalue weighted by Gasteiger charge is -2.42. The summed E-state index contributed by atoms with van der Waals surface area (Å²) >= 11 is 4.68. The summed E-state index contributed by atoms with van der Waals surface area (Å²) in [5.74, 6) is 2.79. The fourth-order valence-electron chi connectivity index (χ4n) is 6.27. The smallest absolute Gasteiger partial charge is 0.141 e. The van der Waals surface area contributed by atoms with Crippen LogP contribution >= 0.6 is 12.6 Å². The summed E-state index contributed by atoms with van der Waals surface area (Å²) < 4.78 is 0. The molecule has 110 valence electrons. The lowest BCUT2D eigenvalue weighted by Crippen LogP contribution is -2.51. The van der Waals surface area contributed by atoms with E-state index in [4.69, 9.17) is 0 Å². The molecule has 0 amide bonds. The van der Waals surface area contributed by atoms with Crippen molar-refractivity contribution in [1.29, 1.82) is 0 Å². The normalized spacial score (nSPS) is 57.0. The van der Waals surface area contributed by atoms with Crippen LogP contribution in [0.3, 0.4) is 0 Å². The Hall–Kier alpha value is -0.310. The molecule has 20 heavy (non-hydrogen) atoms. The third kappa shape index (κ3) is 1.48. The number of thiol groups is 1. The van der Waals surface area contributed by atoms with Gasteiger partial charge >= 0.3 is 0 Å². The molecule has 0 aromatic rings. The predicted molar refractivity (Wildman–Crippen MR) is 80.5 cm³/mol. The van der Waals surface area contributed by atoms with E-state index >= 15 is 0 Å². The Bertz CT molecular complexity index is 458. The summed E-state index contributed by atoms with van der Waals surface area (Å²) in [6.07, 6.45) is 4.25. The number of carbonyl (C=O) groups is 2. The van der Waals surface area contributed by atoms with Crippen molar-refractivity contribution in [2.24, 2.45) is 47.3 Å². The average molecular weight is 292 g/mol. The van der Waals surface area contributed by atoms with Crippen LogP contribution in [-0.2, 0) is 9.59 Å². The highest BCUT2D eigenvalue weighted by molar-refractivity contribution is 7.81. The molecule has 4 fully saturated rings. The predicted octanol–water partition coefficient (Wildman–Crippen LogP) is 3.01. The second-order valence-corrected chi connectivity index (χ2v) is 8.42. The third-order valence-electron chi connectivity index (χ3n) is 6.99. The number of hydrogen-bond donors (Lipinski definition) is 1. The first-order valence-corrected chi connectivity index (χ1v) is 8.81. The first kappa shape index (κ1) is 13.4. The van der Waals surface area contributed by atoms with E-state index in [1.807, 2.05) is 0 Å². The van der Waals surface area contributed by atoms with Crippen LogP contribution in [0.25, 0.3) is 0 Å². The van der Waals surface area contributed by atoms with Crippen LogP contribution in [0.5, 0.6) is 0 Å². The van der Waals surface area contributed by atoms with E-state index in [1.165, 1.54) is 0 Å². The van der Waals surface area contributed by atoms with Crippen molar-refractivity contribution in [2.75, 3.05) is 0 Å². The topological polar surface area (TPSA) is 34.1 Å². The summed E-state index contributed by atoms with van der Waals surface area (Å²) in [4.78, 5) is 26.1. The monoisotopic (exact) mass is 292 g/mol. The highest BCUT2D eigenvalue weighted by Gasteiger charge is 2.65. The molecule has 9 unspecified atom stereocenters. The minimum absolute atomic E-state index is 0.0306. The highest BCUT2D eigenvalue weighted by Crippen LogP contribution is 2.61. The van der Waals surface area contributed by atoms with Gasteiger partial charge in [0, 0.05) is 28.9 Å². The van der Waals surface area contributed by atoms with E-state index < -0.39 is 0 Å². The van der Waals surface area contributed by atoms with Gasteiger partial charge in [0.05, 0.1) is 0 Å². The standard InChI is InChI=1S/C17H24O2S/c1-3-8-4-7(2)12-13(8)17(19)14-9-5-10(11(20)6-9)15(14)16(12)18/h7-15,20H,3-6H2,1-2H3. The van der Waals surface area contributed by atoms with Gasteiger partial charge in [-0.05, 0) is 42.9 Å². The van der Waals surface area contributed by atoms with E-state index in [1.54, 1.807) is 0 Å². The lowest BCUT2D eigenvalue weighted by molar-refractivity contribution is -0.150. The number of rotatable bonds is 1. The van der Waals surface area contributed by atoms with Gasteiger partial charge in [0.25, 0.3) is 0 Å². The van der Waals surface area contributed by atoms with Crippen molar-refractivity contribution < 1.29 is 9.59 Å². The van der Waals surface area contributed by atoms with Crippen LogP contribution in [0.2, 0.25) is 0 Å². The van der Waals surface area contributed by atoms with Gasteiger partial charge in [-0.1, -0.05) is 20.3 Å². The Balaban J connectivity index is 1.74. The van der Waals surface area contributed by atoms with Crippen LogP contribution in [0.4, 0.5) is 0 Å². The van der Waals surface area contributed by atoms with Crippen molar-refractivity contribution in [3.63, 3.8) is 0 Å². The number of carbonyl (C=O) groups excluding carboxylic acids is 2. The third-order valence-corrected chi connectivity index (χ3v) is 7.58. The quantitative estimate of drug-likeness (QED) is 0.754. The van der Waals surface area contributed by atoms with Gasteiger partial charge in [-0.25, -0.2) is 0 Å². The SMILES string of the molecule is CCC1CC(C)C2C(=O)C3C4CC(CC4S)C3C(=O)C12. The van der Waals surface area contributed by atoms with Gasteiger partial charge < -0.3 is 0 Å². The van der Waals surface area contributed by atoms with Crippen molar-refractivity contribution in [2.45, 2.75) is 44.8 Å². The first-order chi connectivity index (χ1) is 9.54. The molecule has 0 spiro atoms. The van der Waals surface area contributed by atoms with Crippen LogP contribution in [0, 0.1) is 47.3 Å². The average Bonchev–Trinajstić information content (AvgIpc) is 3.05. The minimum atomic E-state index is 0.0306. The number of fused-ring (bicyclic) bond motifs is 6. The highest BCUT2D eigenvalue weighted by atomic mass is 32.1. The Morgan fingerprint density at radius 2 is 1.70 bits per heavy atom. The van der Waals surface area contributed by atoms with Crippen LogP contribution in [0.1, 0.15) is 39.5 Å². The summed E-state index contributed by atoms with van der Waals surface area (Å²) in [5, 5.41) is 0.355. The molecule has 2 nitrogen and oxygen atoms in total. The molecule has 2 bridgehead atoms. The zero-order chi connectivity index (χ0) is 14.2. The lowest BCUT2D eigenvalue weighted by atomic mass is 9.60. The van der Waals surface area contributed by atoms with Crippen molar-refractivity contribution in [1.82, 2.24) is 0 Å². The molecule has 4 aliphatic carbocycles. The van der Waals surface area contributed by atoms with Gasteiger partial charge in [0.15, 0.2) is 0 Å². The van der Waals surface area contributed by atoms with Gasteiger partial charge in [-0.2, -0.15) is 12.6 Å². The van der Waals surface area contributed by atoms with Crippen molar-refractivity contribution in [3.8, 4) is 0 Å². The fourth-order valence-corrected chi connectivity index (χ4v) is 6.85. The van der Waals surface area contributed by atoms with E-state index in [2.05, 4.69) is 26.5 Å². The first-order valence-electron chi connectivity index (χ1n) is 8.30. The van der Waals surface area contributed by atoms with Crippen LogP contribution in [0.15, 0.2) is 0 Å². The van der Waals surface area contributed by atoms with Gasteiger partial charge in [-0.15, -0.1) is 0 Å².